The largest absolute Gasteiger partial charge is 0.126 e. The highest BCUT2D eigenvalue weighted by atomic mass is 31.1. The summed E-state index contributed by atoms with van der Waals surface area (Å²) in [6.07, 6.45) is 1.09. The van der Waals surface area contributed by atoms with Gasteiger partial charge in [0.15, 0.2) is 0 Å². The van der Waals surface area contributed by atoms with E-state index >= 15 is 0 Å². The average Bonchev–Trinajstić information content (AvgIpc) is 2.03. The van der Waals surface area contributed by atoms with E-state index in [-0.39, 0.29) is 0 Å². The molecule has 0 aromatic heterocycles. The van der Waals surface area contributed by atoms with Crippen molar-refractivity contribution in [1.82, 2.24) is 0 Å². The smallest absolute Gasteiger partial charge is 0.115 e. The van der Waals surface area contributed by atoms with Crippen LogP contribution in [0.1, 0.15) is 20.8 Å². The highest BCUT2D eigenvalue weighted by Gasteiger charge is 2.15. The molecule has 0 saturated carbocycles. The van der Waals surface area contributed by atoms with Crippen molar-refractivity contribution < 1.29 is 0 Å². The van der Waals surface area contributed by atoms with Crippen molar-refractivity contribution in [3.05, 3.63) is 30.3 Å². The van der Waals surface area contributed by atoms with Gasteiger partial charge in [-0.3, -0.25) is 0 Å². The molecule has 0 aliphatic carbocycles. The average molecular weight is 190 g/mol. The monoisotopic (exact) mass is 190 g/mol. The van der Waals surface area contributed by atoms with Gasteiger partial charge in [-0.15, -0.1) is 7.80 Å². The van der Waals surface area contributed by atoms with Gasteiger partial charge < -0.3 is 0 Å². The topological polar surface area (TPSA) is 0 Å². The summed E-state index contributed by atoms with van der Waals surface area (Å²) < 4.78 is 0. The predicted molar refractivity (Wildman–Crippen MR) is 63.1 cm³/mol. The summed E-state index contributed by atoms with van der Waals surface area (Å²) in [6.45, 7) is 6.70. The minimum Gasteiger partial charge on any atom is -0.126 e. The van der Waals surface area contributed by atoms with Crippen LogP contribution in [0.5, 0.6) is 0 Å². The zero-order valence-corrected chi connectivity index (χ0v) is 9.51. The lowest BCUT2D eigenvalue weighted by Gasteiger charge is -2.24. The molecule has 0 aliphatic heterocycles. The maximum atomic E-state index is 6.15. The van der Waals surface area contributed by atoms with Crippen molar-refractivity contribution in [3.8, 4) is 0 Å². The van der Waals surface area contributed by atoms with E-state index in [0.29, 0.717) is 5.41 Å². The summed E-state index contributed by atoms with van der Waals surface area (Å²) >= 11 is 0. The van der Waals surface area contributed by atoms with Crippen LogP contribution in [0.4, 0.5) is 0 Å². The van der Waals surface area contributed by atoms with E-state index in [1.54, 1.807) is 0 Å². The SMILES string of the molecule is [B]P(CC(C)(C)C)c1ccccc1. The molecule has 0 nitrogen and oxygen atoms in total. The number of hydrogen-bond acceptors (Lipinski definition) is 0. The van der Waals surface area contributed by atoms with Gasteiger partial charge in [-0.1, -0.05) is 51.1 Å². The fourth-order valence-corrected chi connectivity index (χ4v) is 2.98. The first-order valence-electron chi connectivity index (χ1n) is 4.56. The first-order valence-corrected chi connectivity index (χ1v) is 6.16. The second kappa shape index (κ2) is 4.29. The van der Waals surface area contributed by atoms with Crippen molar-refractivity contribution in [2.75, 3.05) is 6.16 Å². The summed E-state index contributed by atoms with van der Waals surface area (Å²) in [5, 5.41) is 1.30. The van der Waals surface area contributed by atoms with Crippen LogP contribution < -0.4 is 5.30 Å². The minimum atomic E-state index is -0.464. The molecule has 0 bridgehead atoms. The number of rotatable bonds is 2. The van der Waals surface area contributed by atoms with Gasteiger partial charge >= 0.3 is 0 Å². The Morgan fingerprint density at radius 1 is 1.15 bits per heavy atom. The molecule has 0 aliphatic rings. The lowest BCUT2D eigenvalue weighted by atomic mass is 10.0. The second-order valence-corrected chi connectivity index (χ2v) is 6.30. The van der Waals surface area contributed by atoms with Gasteiger partial charge in [0.1, 0.15) is 7.57 Å². The lowest BCUT2D eigenvalue weighted by molar-refractivity contribution is 0.479. The van der Waals surface area contributed by atoms with E-state index < -0.39 is 7.80 Å². The van der Waals surface area contributed by atoms with Gasteiger partial charge in [0.05, 0.1) is 0 Å². The fourth-order valence-electron chi connectivity index (χ4n) is 1.22. The molecular formula is C11H16BP. The van der Waals surface area contributed by atoms with Crippen LogP contribution in [0.2, 0.25) is 0 Å². The molecule has 1 aromatic carbocycles. The second-order valence-electron chi connectivity index (χ2n) is 4.52. The van der Waals surface area contributed by atoms with Gasteiger partial charge in [0.2, 0.25) is 0 Å². The van der Waals surface area contributed by atoms with E-state index in [1.807, 2.05) is 6.07 Å². The van der Waals surface area contributed by atoms with E-state index in [2.05, 4.69) is 45.0 Å². The molecule has 2 radical (unpaired) electrons. The summed E-state index contributed by atoms with van der Waals surface area (Å²) in [7, 11) is 5.68. The first-order chi connectivity index (χ1) is 5.99. The fraction of sp³-hybridized carbons (Fsp3) is 0.455. The quantitative estimate of drug-likeness (QED) is 0.496. The predicted octanol–water partition coefficient (Wildman–Crippen LogP) is 2.92. The van der Waals surface area contributed by atoms with E-state index in [0.717, 1.165) is 6.16 Å². The zero-order chi connectivity index (χ0) is 9.90. The van der Waals surface area contributed by atoms with E-state index in [1.165, 1.54) is 5.30 Å². The molecule has 68 valence electrons. The standard InChI is InChI=1S/C11H16BP/c1-11(2,3)9-13(12)10-7-5-4-6-8-10/h4-8H,9H2,1-3H3. The Bertz CT molecular complexity index is 251. The van der Waals surface area contributed by atoms with Crippen LogP contribution in [0.25, 0.3) is 0 Å². The summed E-state index contributed by atoms with van der Waals surface area (Å²) in [5.74, 6) is 0. The Morgan fingerprint density at radius 3 is 2.15 bits per heavy atom. The molecular weight excluding hydrogens is 174 g/mol. The molecule has 2 heteroatoms. The van der Waals surface area contributed by atoms with Crippen LogP contribution in [-0.2, 0) is 0 Å². The van der Waals surface area contributed by atoms with Gasteiger partial charge in [0.25, 0.3) is 0 Å². The molecule has 0 fully saturated rings. The molecule has 0 N–H and O–H groups in total. The third kappa shape index (κ3) is 3.96. The van der Waals surface area contributed by atoms with Crippen molar-refractivity contribution in [2.45, 2.75) is 20.8 Å². The van der Waals surface area contributed by atoms with Gasteiger partial charge in [0, 0.05) is 0 Å². The molecule has 0 spiro atoms. The molecule has 13 heavy (non-hydrogen) atoms. The van der Waals surface area contributed by atoms with Crippen LogP contribution in [0.15, 0.2) is 30.3 Å². The molecule has 1 aromatic rings. The Balaban J connectivity index is 2.64. The van der Waals surface area contributed by atoms with Crippen LogP contribution >= 0.6 is 7.80 Å². The minimum absolute atomic E-state index is 0.330. The van der Waals surface area contributed by atoms with Crippen LogP contribution in [-0.4, -0.2) is 13.7 Å². The number of hydrogen-bond donors (Lipinski definition) is 0. The Kier molecular flexibility index (Phi) is 3.56. The Labute approximate surface area is 83.9 Å². The van der Waals surface area contributed by atoms with E-state index in [4.69, 9.17) is 7.57 Å². The van der Waals surface area contributed by atoms with Gasteiger partial charge in [-0.05, 0) is 16.9 Å². The Hall–Kier alpha value is -0.285. The summed E-state index contributed by atoms with van der Waals surface area (Å²) in [5.41, 5.74) is 0.330. The maximum Gasteiger partial charge on any atom is 0.115 e. The third-order valence-corrected chi connectivity index (χ3v) is 3.98. The zero-order valence-electron chi connectivity index (χ0n) is 8.62. The highest BCUT2D eigenvalue weighted by Crippen LogP contribution is 2.35. The summed E-state index contributed by atoms with van der Waals surface area (Å²) in [6, 6.07) is 10.4. The molecule has 0 heterocycles. The molecule has 1 atom stereocenters. The normalized spacial score (nSPS) is 14.1. The van der Waals surface area contributed by atoms with Crippen molar-refractivity contribution in [3.63, 3.8) is 0 Å². The van der Waals surface area contributed by atoms with Crippen molar-refractivity contribution in [1.29, 1.82) is 0 Å². The highest BCUT2D eigenvalue weighted by molar-refractivity contribution is 7.88. The van der Waals surface area contributed by atoms with E-state index in [9.17, 15) is 0 Å². The van der Waals surface area contributed by atoms with Crippen molar-refractivity contribution in [2.24, 2.45) is 5.41 Å². The van der Waals surface area contributed by atoms with Crippen LogP contribution in [0.3, 0.4) is 0 Å². The van der Waals surface area contributed by atoms with Gasteiger partial charge in [-0.25, -0.2) is 0 Å². The van der Waals surface area contributed by atoms with Crippen LogP contribution in [0, 0.1) is 5.41 Å². The molecule has 1 unspecified atom stereocenters. The van der Waals surface area contributed by atoms with Crippen molar-refractivity contribution >= 4 is 20.7 Å². The molecule has 0 saturated heterocycles. The molecule has 0 amide bonds. The van der Waals surface area contributed by atoms with Gasteiger partial charge in [-0.2, -0.15) is 0 Å². The summed E-state index contributed by atoms with van der Waals surface area (Å²) in [4.78, 5) is 0. The Morgan fingerprint density at radius 2 is 1.69 bits per heavy atom. The lowest BCUT2D eigenvalue weighted by Crippen LogP contribution is -2.14. The third-order valence-electron chi connectivity index (χ3n) is 1.73. The first kappa shape index (κ1) is 10.8. The maximum absolute atomic E-state index is 6.15. The molecule has 1 rings (SSSR count). The number of benzene rings is 1.